The highest BCUT2D eigenvalue weighted by atomic mass is 16.5. The van der Waals surface area contributed by atoms with Crippen molar-refractivity contribution in [3.05, 3.63) is 102 Å². The normalized spacial score (nSPS) is 11.9. The van der Waals surface area contributed by atoms with Crippen LogP contribution in [-0.4, -0.2) is 5.91 Å². The number of benzene rings is 3. The van der Waals surface area contributed by atoms with E-state index in [9.17, 15) is 4.79 Å². The topological polar surface area (TPSA) is 38.3 Å². The Morgan fingerprint density at radius 3 is 2.38 bits per heavy atom. The maximum Gasteiger partial charge on any atom is 0.248 e. The highest BCUT2D eigenvalue weighted by Gasteiger charge is 2.09. The Labute approximate surface area is 173 Å². The summed E-state index contributed by atoms with van der Waals surface area (Å²) in [6.45, 7) is 4.85. The molecule has 0 radical (unpaired) electrons. The second kappa shape index (κ2) is 10.3. The Morgan fingerprint density at radius 1 is 0.966 bits per heavy atom. The summed E-state index contributed by atoms with van der Waals surface area (Å²) in [5.74, 6) is 1.07. The highest BCUT2D eigenvalue weighted by molar-refractivity contribution is 6.02. The van der Waals surface area contributed by atoms with Crippen LogP contribution < -0.4 is 10.1 Å². The van der Waals surface area contributed by atoms with Crippen LogP contribution in [0.1, 0.15) is 42.9 Å². The molecule has 1 atom stereocenters. The molecule has 1 unspecified atom stereocenters. The summed E-state index contributed by atoms with van der Waals surface area (Å²) < 4.78 is 5.79. The number of hydrogen-bond acceptors (Lipinski definition) is 2. The quantitative estimate of drug-likeness (QED) is 0.454. The molecule has 0 spiro atoms. The average molecular weight is 386 g/mol. The second-order valence-electron chi connectivity index (χ2n) is 7.06. The fraction of sp³-hybridized carbons (Fsp3) is 0.192. The van der Waals surface area contributed by atoms with E-state index >= 15 is 0 Å². The van der Waals surface area contributed by atoms with E-state index in [1.165, 1.54) is 0 Å². The lowest BCUT2D eigenvalue weighted by molar-refractivity contribution is -0.111. The Morgan fingerprint density at radius 2 is 1.66 bits per heavy atom. The number of carbonyl (C=O) groups excluding carboxylic acids is 1. The van der Waals surface area contributed by atoms with Gasteiger partial charge in [0.25, 0.3) is 0 Å². The smallest absolute Gasteiger partial charge is 0.248 e. The molecule has 3 aromatic carbocycles. The van der Waals surface area contributed by atoms with Crippen molar-refractivity contribution >= 4 is 17.7 Å². The van der Waals surface area contributed by atoms with Gasteiger partial charge in [-0.3, -0.25) is 4.79 Å². The zero-order valence-corrected chi connectivity index (χ0v) is 17.0. The van der Waals surface area contributed by atoms with Crippen molar-refractivity contribution in [3.63, 3.8) is 0 Å². The lowest BCUT2D eigenvalue weighted by Crippen LogP contribution is -2.10. The van der Waals surface area contributed by atoms with Crippen LogP contribution in [0.5, 0.6) is 5.75 Å². The lowest BCUT2D eigenvalue weighted by Gasteiger charge is -2.14. The van der Waals surface area contributed by atoms with Gasteiger partial charge in [0.05, 0.1) is 0 Å². The van der Waals surface area contributed by atoms with Crippen LogP contribution in [0.25, 0.3) is 6.08 Å². The van der Waals surface area contributed by atoms with Crippen molar-refractivity contribution < 1.29 is 9.53 Å². The third-order valence-electron chi connectivity index (χ3n) is 4.92. The minimum absolute atomic E-state index is 0.134. The van der Waals surface area contributed by atoms with Crippen molar-refractivity contribution in [2.24, 2.45) is 0 Å². The van der Waals surface area contributed by atoms with Crippen molar-refractivity contribution in [2.75, 3.05) is 5.32 Å². The summed E-state index contributed by atoms with van der Waals surface area (Å²) in [4.78, 5) is 12.4. The molecule has 3 nitrogen and oxygen atoms in total. The average Bonchev–Trinajstić information content (AvgIpc) is 2.77. The summed E-state index contributed by atoms with van der Waals surface area (Å²) >= 11 is 0. The molecular weight excluding hydrogens is 358 g/mol. The zero-order valence-electron chi connectivity index (χ0n) is 17.0. The molecule has 3 aromatic rings. The molecule has 0 aliphatic heterocycles. The van der Waals surface area contributed by atoms with Crippen molar-refractivity contribution in [2.45, 2.75) is 32.8 Å². The largest absolute Gasteiger partial charge is 0.489 e. The van der Waals surface area contributed by atoms with E-state index in [1.807, 2.05) is 78.9 Å². The van der Waals surface area contributed by atoms with Crippen LogP contribution in [0.2, 0.25) is 0 Å². The Bertz CT molecular complexity index is 946. The van der Waals surface area contributed by atoms with E-state index in [-0.39, 0.29) is 5.91 Å². The summed E-state index contributed by atoms with van der Waals surface area (Å²) in [5, 5.41) is 3.00. The van der Waals surface area contributed by atoms with Crippen LogP contribution in [-0.2, 0) is 11.4 Å². The monoisotopic (exact) mass is 385 g/mol. The van der Waals surface area contributed by atoms with E-state index in [4.69, 9.17) is 4.74 Å². The van der Waals surface area contributed by atoms with Crippen LogP contribution in [0, 0.1) is 0 Å². The summed E-state index contributed by atoms with van der Waals surface area (Å²) in [6, 6.07) is 25.7. The maximum absolute atomic E-state index is 12.4. The minimum Gasteiger partial charge on any atom is -0.489 e. The first-order valence-corrected chi connectivity index (χ1v) is 10.0. The van der Waals surface area contributed by atoms with Gasteiger partial charge in [0, 0.05) is 11.8 Å². The number of para-hydroxylation sites is 1. The maximum atomic E-state index is 12.4. The van der Waals surface area contributed by atoms with Crippen LogP contribution >= 0.6 is 0 Å². The Hall–Kier alpha value is -3.33. The van der Waals surface area contributed by atoms with Gasteiger partial charge in [-0.05, 0) is 53.3 Å². The molecule has 0 fully saturated rings. The molecule has 29 heavy (non-hydrogen) atoms. The summed E-state index contributed by atoms with van der Waals surface area (Å²) in [6.07, 6.45) is 4.40. The molecule has 3 rings (SSSR count). The minimum atomic E-state index is -0.134. The van der Waals surface area contributed by atoms with Gasteiger partial charge in [0.2, 0.25) is 5.91 Å². The highest BCUT2D eigenvalue weighted by Crippen LogP contribution is 2.26. The van der Waals surface area contributed by atoms with Gasteiger partial charge in [0.1, 0.15) is 12.4 Å². The molecule has 0 bridgehead atoms. The number of anilines is 1. The van der Waals surface area contributed by atoms with Gasteiger partial charge in [-0.1, -0.05) is 74.5 Å². The Balaban J connectivity index is 1.56. The molecular formula is C26H27NO2. The molecule has 0 aliphatic rings. The van der Waals surface area contributed by atoms with Gasteiger partial charge in [-0.25, -0.2) is 0 Å². The fourth-order valence-corrected chi connectivity index (χ4v) is 3.02. The first-order chi connectivity index (χ1) is 14.2. The molecule has 148 valence electrons. The number of carbonyl (C=O) groups is 1. The van der Waals surface area contributed by atoms with E-state index in [0.717, 1.165) is 34.5 Å². The van der Waals surface area contributed by atoms with Gasteiger partial charge in [-0.2, -0.15) is 0 Å². The van der Waals surface area contributed by atoms with Crippen molar-refractivity contribution in [1.29, 1.82) is 0 Å². The fourth-order valence-electron chi connectivity index (χ4n) is 3.02. The SMILES string of the molecule is CCC(C)c1ccccc1NC(=O)/C=C/c1ccc(OCc2ccccc2)cc1. The van der Waals surface area contributed by atoms with Crippen molar-refractivity contribution in [1.82, 2.24) is 0 Å². The van der Waals surface area contributed by atoms with Gasteiger partial charge in [0.15, 0.2) is 0 Å². The standard InChI is InChI=1S/C26H27NO2/c1-3-20(2)24-11-7-8-12-25(24)27-26(28)18-15-21-13-16-23(17-14-21)29-19-22-9-5-4-6-10-22/h4-18,20H,3,19H2,1-2H3,(H,27,28)/b18-15+. The number of hydrogen-bond donors (Lipinski definition) is 1. The van der Waals surface area contributed by atoms with Crippen LogP contribution in [0.3, 0.4) is 0 Å². The van der Waals surface area contributed by atoms with Crippen LogP contribution in [0.4, 0.5) is 5.69 Å². The Kier molecular flexibility index (Phi) is 7.23. The molecule has 3 heteroatoms. The predicted molar refractivity (Wildman–Crippen MR) is 120 cm³/mol. The first-order valence-electron chi connectivity index (χ1n) is 10.0. The third-order valence-corrected chi connectivity index (χ3v) is 4.92. The molecule has 0 aliphatic carbocycles. The number of ether oxygens (including phenoxy) is 1. The molecule has 1 N–H and O–H groups in total. The third kappa shape index (κ3) is 6.08. The zero-order chi connectivity index (χ0) is 20.5. The summed E-state index contributed by atoms with van der Waals surface area (Å²) in [5.41, 5.74) is 4.12. The van der Waals surface area contributed by atoms with E-state index in [0.29, 0.717) is 12.5 Å². The van der Waals surface area contributed by atoms with E-state index in [1.54, 1.807) is 6.08 Å². The van der Waals surface area contributed by atoms with E-state index < -0.39 is 0 Å². The molecule has 1 amide bonds. The van der Waals surface area contributed by atoms with Crippen molar-refractivity contribution in [3.8, 4) is 5.75 Å². The lowest BCUT2D eigenvalue weighted by atomic mass is 9.97. The summed E-state index contributed by atoms with van der Waals surface area (Å²) in [7, 11) is 0. The first kappa shape index (κ1) is 20.4. The molecule has 0 saturated heterocycles. The molecule has 0 saturated carbocycles. The number of amides is 1. The number of rotatable bonds is 8. The molecule has 0 aromatic heterocycles. The molecule has 0 heterocycles. The number of nitrogens with one attached hydrogen (secondary N) is 1. The van der Waals surface area contributed by atoms with Crippen LogP contribution in [0.15, 0.2) is 84.9 Å². The van der Waals surface area contributed by atoms with Gasteiger partial charge < -0.3 is 10.1 Å². The van der Waals surface area contributed by atoms with E-state index in [2.05, 4.69) is 25.2 Å². The van der Waals surface area contributed by atoms with Gasteiger partial charge in [-0.15, -0.1) is 0 Å². The van der Waals surface area contributed by atoms with Gasteiger partial charge >= 0.3 is 0 Å². The predicted octanol–water partition coefficient (Wildman–Crippen LogP) is 6.43. The second-order valence-corrected chi connectivity index (χ2v) is 7.06.